The van der Waals surface area contributed by atoms with E-state index in [2.05, 4.69) is 21.7 Å². The Bertz CT molecular complexity index is 1190. The second-order valence-electron chi connectivity index (χ2n) is 8.94. The van der Waals surface area contributed by atoms with Crippen molar-refractivity contribution < 1.29 is 9.18 Å². The third-order valence-electron chi connectivity index (χ3n) is 6.78. The van der Waals surface area contributed by atoms with Crippen molar-refractivity contribution in [3.05, 3.63) is 64.6 Å². The summed E-state index contributed by atoms with van der Waals surface area (Å²) in [6.45, 7) is 6.65. The molecule has 5 nitrogen and oxygen atoms in total. The SMILES string of the molecule is Cc1ccc(Cl)cc1N1CCN(c2c(C(=O)N3CCCCC3)cnc3ccc(F)cc23)CC1. The zero-order chi connectivity index (χ0) is 22.9. The maximum Gasteiger partial charge on any atom is 0.257 e. The van der Waals surface area contributed by atoms with E-state index < -0.39 is 0 Å². The molecule has 0 atom stereocenters. The van der Waals surface area contributed by atoms with Gasteiger partial charge in [-0.15, -0.1) is 0 Å². The topological polar surface area (TPSA) is 39.7 Å². The molecule has 3 heterocycles. The molecule has 2 fully saturated rings. The number of carbonyl (C=O) groups is 1. The Balaban J connectivity index is 1.49. The number of piperidine rings is 1. The summed E-state index contributed by atoms with van der Waals surface area (Å²) in [4.78, 5) is 24.5. The number of amides is 1. The van der Waals surface area contributed by atoms with Crippen molar-refractivity contribution in [2.45, 2.75) is 26.2 Å². The molecule has 172 valence electrons. The van der Waals surface area contributed by atoms with Crippen LogP contribution in [-0.4, -0.2) is 55.1 Å². The van der Waals surface area contributed by atoms with Gasteiger partial charge in [0.15, 0.2) is 0 Å². The highest BCUT2D eigenvalue weighted by Crippen LogP contribution is 2.34. The summed E-state index contributed by atoms with van der Waals surface area (Å²) in [7, 11) is 0. The average molecular weight is 467 g/mol. The first kappa shape index (κ1) is 22.0. The van der Waals surface area contributed by atoms with Crippen molar-refractivity contribution in [2.75, 3.05) is 49.1 Å². The molecule has 0 N–H and O–H groups in total. The zero-order valence-corrected chi connectivity index (χ0v) is 19.6. The molecule has 3 aromatic rings. The van der Waals surface area contributed by atoms with Gasteiger partial charge in [0.05, 0.1) is 16.8 Å². The molecule has 33 heavy (non-hydrogen) atoms. The Morgan fingerprint density at radius 2 is 1.67 bits per heavy atom. The van der Waals surface area contributed by atoms with Crippen LogP contribution in [0.2, 0.25) is 5.02 Å². The molecule has 1 aromatic heterocycles. The van der Waals surface area contributed by atoms with Crippen LogP contribution < -0.4 is 9.80 Å². The summed E-state index contributed by atoms with van der Waals surface area (Å²) in [5.41, 5.74) is 4.40. The molecule has 7 heteroatoms. The molecular weight excluding hydrogens is 439 g/mol. The molecule has 2 aliphatic heterocycles. The molecule has 1 amide bonds. The van der Waals surface area contributed by atoms with Crippen LogP contribution in [0.25, 0.3) is 10.9 Å². The van der Waals surface area contributed by atoms with Gasteiger partial charge in [-0.1, -0.05) is 17.7 Å². The van der Waals surface area contributed by atoms with E-state index in [0.29, 0.717) is 16.5 Å². The van der Waals surface area contributed by atoms with Crippen LogP contribution in [-0.2, 0) is 0 Å². The maximum absolute atomic E-state index is 14.3. The highest BCUT2D eigenvalue weighted by atomic mass is 35.5. The van der Waals surface area contributed by atoms with Gasteiger partial charge < -0.3 is 14.7 Å². The van der Waals surface area contributed by atoms with Gasteiger partial charge in [-0.2, -0.15) is 0 Å². The molecule has 0 spiro atoms. The molecule has 5 rings (SSSR count). The lowest BCUT2D eigenvalue weighted by Crippen LogP contribution is -2.47. The quantitative estimate of drug-likeness (QED) is 0.526. The number of carbonyl (C=O) groups excluding carboxylic acids is 1. The highest BCUT2D eigenvalue weighted by molar-refractivity contribution is 6.30. The minimum Gasteiger partial charge on any atom is -0.368 e. The first-order valence-electron chi connectivity index (χ1n) is 11.6. The molecule has 2 saturated heterocycles. The van der Waals surface area contributed by atoms with E-state index in [4.69, 9.17) is 11.6 Å². The number of piperazine rings is 1. The number of fused-ring (bicyclic) bond motifs is 1. The number of aromatic nitrogens is 1. The predicted octanol–water partition coefficient (Wildman–Crippen LogP) is 5.29. The molecule has 0 unspecified atom stereocenters. The van der Waals surface area contributed by atoms with Gasteiger partial charge in [-0.25, -0.2) is 4.39 Å². The number of likely N-dealkylation sites (tertiary alicyclic amines) is 1. The van der Waals surface area contributed by atoms with Gasteiger partial charge >= 0.3 is 0 Å². The monoisotopic (exact) mass is 466 g/mol. The van der Waals surface area contributed by atoms with Gasteiger partial charge in [-0.05, 0) is 62.1 Å². The molecule has 0 radical (unpaired) electrons. The van der Waals surface area contributed by atoms with E-state index in [1.807, 2.05) is 23.1 Å². The first-order valence-corrected chi connectivity index (χ1v) is 12.0. The second kappa shape index (κ2) is 9.18. The summed E-state index contributed by atoms with van der Waals surface area (Å²) in [5, 5.41) is 1.42. The smallest absolute Gasteiger partial charge is 0.257 e. The van der Waals surface area contributed by atoms with Crippen LogP contribution in [0.1, 0.15) is 35.2 Å². The van der Waals surface area contributed by atoms with E-state index >= 15 is 0 Å². The van der Waals surface area contributed by atoms with Crippen molar-refractivity contribution in [3.63, 3.8) is 0 Å². The number of hydrogen-bond donors (Lipinski definition) is 0. The number of anilines is 2. The van der Waals surface area contributed by atoms with E-state index in [0.717, 1.165) is 74.9 Å². The van der Waals surface area contributed by atoms with Crippen LogP contribution in [0, 0.1) is 12.7 Å². The Morgan fingerprint density at radius 1 is 0.939 bits per heavy atom. The number of halogens is 2. The van der Waals surface area contributed by atoms with Gasteiger partial charge in [0.25, 0.3) is 5.91 Å². The van der Waals surface area contributed by atoms with Crippen molar-refractivity contribution in [3.8, 4) is 0 Å². The lowest BCUT2D eigenvalue weighted by atomic mass is 10.0. The molecule has 2 aliphatic rings. The van der Waals surface area contributed by atoms with Gasteiger partial charge in [0, 0.05) is 61.6 Å². The normalized spacial score (nSPS) is 17.0. The van der Waals surface area contributed by atoms with Crippen molar-refractivity contribution in [2.24, 2.45) is 0 Å². The minimum atomic E-state index is -0.318. The van der Waals surface area contributed by atoms with Crippen LogP contribution in [0.3, 0.4) is 0 Å². The van der Waals surface area contributed by atoms with Crippen LogP contribution in [0.5, 0.6) is 0 Å². The first-order chi connectivity index (χ1) is 16.0. The zero-order valence-electron chi connectivity index (χ0n) is 18.9. The number of benzene rings is 2. The Kier molecular flexibility index (Phi) is 6.11. The van der Waals surface area contributed by atoms with Crippen LogP contribution in [0.15, 0.2) is 42.6 Å². The predicted molar refractivity (Wildman–Crippen MR) is 132 cm³/mol. The average Bonchev–Trinajstić information content (AvgIpc) is 2.85. The highest BCUT2D eigenvalue weighted by Gasteiger charge is 2.28. The summed E-state index contributed by atoms with van der Waals surface area (Å²) < 4.78 is 14.3. The van der Waals surface area contributed by atoms with E-state index in [1.165, 1.54) is 17.7 Å². The molecule has 0 bridgehead atoms. The molecule has 0 saturated carbocycles. The van der Waals surface area contributed by atoms with Gasteiger partial charge in [0.1, 0.15) is 5.82 Å². The number of aryl methyl sites for hydroxylation is 1. The van der Waals surface area contributed by atoms with Crippen molar-refractivity contribution in [1.82, 2.24) is 9.88 Å². The molecular formula is C26H28ClFN4O. The number of rotatable bonds is 3. The summed E-state index contributed by atoms with van der Waals surface area (Å²) >= 11 is 6.25. The summed E-state index contributed by atoms with van der Waals surface area (Å²) in [5.74, 6) is -0.321. The number of hydrogen-bond acceptors (Lipinski definition) is 4. The van der Waals surface area contributed by atoms with Crippen molar-refractivity contribution >= 4 is 39.8 Å². The molecule has 0 aliphatic carbocycles. The Hall–Kier alpha value is -2.86. The lowest BCUT2D eigenvalue weighted by Gasteiger charge is -2.39. The standard InChI is InChI=1S/C26H28ClFN4O/c1-18-5-6-19(27)15-24(18)30-11-13-31(14-12-30)25-21-16-20(28)7-8-23(21)29-17-22(25)26(33)32-9-3-2-4-10-32/h5-8,15-17H,2-4,9-14H2,1H3. The van der Waals surface area contributed by atoms with Crippen molar-refractivity contribution in [1.29, 1.82) is 0 Å². The van der Waals surface area contributed by atoms with E-state index in [1.54, 1.807) is 12.3 Å². The fourth-order valence-corrected chi connectivity index (χ4v) is 5.18. The number of pyridine rings is 1. The van der Waals surface area contributed by atoms with Crippen LogP contribution in [0.4, 0.5) is 15.8 Å². The van der Waals surface area contributed by atoms with Crippen LogP contribution >= 0.6 is 11.6 Å². The van der Waals surface area contributed by atoms with E-state index in [-0.39, 0.29) is 11.7 Å². The van der Waals surface area contributed by atoms with E-state index in [9.17, 15) is 9.18 Å². The maximum atomic E-state index is 14.3. The van der Waals surface area contributed by atoms with Gasteiger partial charge in [0.2, 0.25) is 0 Å². The number of nitrogens with zero attached hydrogens (tertiary/aromatic N) is 4. The lowest BCUT2D eigenvalue weighted by molar-refractivity contribution is 0.0724. The summed E-state index contributed by atoms with van der Waals surface area (Å²) in [6, 6.07) is 10.6. The third-order valence-corrected chi connectivity index (χ3v) is 7.02. The second-order valence-corrected chi connectivity index (χ2v) is 9.38. The van der Waals surface area contributed by atoms with Gasteiger partial charge in [-0.3, -0.25) is 9.78 Å². The third kappa shape index (κ3) is 4.36. The molecule has 2 aromatic carbocycles. The minimum absolute atomic E-state index is 0.00326. The Morgan fingerprint density at radius 3 is 2.42 bits per heavy atom. The largest absolute Gasteiger partial charge is 0.368 e. The summed E-state index contributed by atoms with van der Waals surface area (Å²) in [6.07, 6.45) is 4.88. The Labute approximate surface area is 198 Å². The fourth-order valence-electron chi connectivity index (χ4n) is 5.01. The fraction of sp³-hybridized carbons (Fsp3) is 0.385.